The first-order valence-electron chi connectivity index (χ1n) is 3.48. The maximum Gasteiger partial charge on any atom is 0.503 e. The lowest BCUT2D eigenvalue weighted by molar-refractivity contribution is -0.131. The summed E-state index contributed by atoms with van der Waals surface area (Å²) in [5.74, 6) is -0.981. The van der Waals surface area contributed by atoms with Gasteiger partial charge in [-0.05, 0) is 0 Å². The highest BCUT2D eigenvalue weighted by Crippen LogP contribution is 1.71. The second kappa shape index (κ2) is 14.9. The Kier molecular flexibility index (Phi) is 18.8. The number of hydrogen-bond acceptors (Lipinski definition) is 5. The smallest absolute Gasteiger partial charge is 0.478 e. The van der Waals surface area contributed by atoms with Gasteiger partial charge in [0, 0.05) is 6.08 Å². The molecule has 0 aliphatic carbocycles. The van der Waals surface area contributed by atoms with Crippen molar-refractivity contribution in [2.45, 2.75) is 6.10 Å². The van der Waals surface area contributed by atoms with E-state index >= 15 is 0 Å². The summed E-state index contributed by atoms with van der Waals surface area (Å²) in [5, 5.41) is 45.6. The molecule has 0 heterocycles. The summed E-state index contributed by atoms with van der Waals surface area (Å²) in [7, 11) is 0. The van der Waals surface area contributed by atoms with Gasteiger partial charge in [0.2, 0.25) is 0 Å². The van der Waals surface area contributed by atoms with Crippen molar-refractivity contribution >= 4 is 12.1 Å². The van der Waals surface area contributed by atoms with Crippen molar-refractivity contribution in [1.29, 1.82) is 0 Å². The van der Waals surface area contributed by atoms with Crippen LogP contribution in [0.3, 0.4) is 0 Å². The molecule has 90 valence electrons. The summed E-state index contributed by atoms with van der Waals surface area (Å²) >= 11 is 0. The van der Waals surface area contributed by atoms with E-state index in [0.29, 0.717) is 0 Å². The molecule has 0 saturated carbocycles. The van der Waals surface area contributed by atoms with E-state index in [9.17, 15) is 4.79 Å². The zero-order chi connectivity index (χ0) is 12.9. The SMILES string of the molecule is C=CC(=O)O.O=C(O)O.OCC(O)CO. The molecule has 0 aliphatic heterocycles. The van der Waals surface area contributed by atoms with Gasteiger partial charge in [0.25, 0.3) is 0 Å². The predicted octanol–water partition coefficient (Wildman–Crippen LogP) is -1.19. The Balaban J connectivity index is -0.000000147. The van der Waals surface area contributed by atoms with Gasteiger partial charge >= 0.3 is 12.1 Å². The monoisotopic (exact) mass is 226 g/mol. The molecular weight excluding hydrogens is 212 g/mol. The predicted molar refractivity (Wildman–Crippen MR) is 48.7 cm³/mol. The van der Waals surface area contributed by atoms with Crippen LogP contribution in [0, 0.1) is 0 Å². The number of rotatable bonds is 3. The number of hydrogen-bond donors (Lipinski definition) is 6. The molecule has 0 aromatic rings. The molecule has 0 bridgehead atoms. The van der Waals surface area contributed by atoms with Crippen LogP contribution < -0.4 is 0 Å². The Bertz CT molecular complexity index is 170. The Morgan fingerprint density at radius 3 is 1.33 bits per heavy atom. The highest BCUT2D eigenvalue weighted by molar-refractivity contribution is 5.78. The van der Waals surface area contributed by atoms with Crippen molar-refractivity contribution < 1.29 is 40.2 Å². The number of aliphatic hydroxyl groups excluding tert-OH is 3. The summed E-state index contributed by atoms with van der Waals surface area (Å²) in [5.41, 5.74) is 0. The van der Waals surface area contributed by atoms with Crippen molar-refractivity contribution in [1.82, 2.24) is 0 Å². The first kappa shape index (κ1) is 19.0. The lowest BCUT2D eigenvalue weighted by Crippen LogP contribution is -2.15. The summed E-state index contributed by atoms with van der Waals surface area (Å²) < 4.78 is 0. The Morgan fingerprint density at radius 2 is 1.33 bits per heavy atom. The Hall–Kier alpha value is -1.64. The van der Waals surface area contributed by atoms with E-state index in [0.717, 1.165) is 6.08 Å². The normalized spacial score (nSPS) is 7.73. The fraction of sp³-hybridized carbons (Fsp3) is 0.429. The molecular formula is C7H14O8. The third-order valence-corrected chi connectivity index (χ3v) is 0.596. The Labute approximate surface area is 85.3 Å². The summed E-state index contributed by atoms with van der Waals surface area (Å²) in [6, 6.07) is 0. The van der Waals surface area contributed by atoms with Crippen LogP contribution in [0.1, 0.15) is 0 Å². The molecule has 0 atom stereocenters. The Morgan fingerprint density at radius 1 is 1.13 bits per heavy atom. The van der Waals surface area contributed by atoms with E-state index < -0.39 is 18.2 Å². The second-order valence-corrected chi connectivity index (χ2v) is 1.84. The summed E-state index contributed by atoms with van der Waals surface area (Å²) in [4.78, 5) is 17.8. The lowest BCUT2D eigenvalue weighted by atomic mass is 10.4. The van der Waals surface area contributed by atoms with Crippen LogP contribution in [0.4, 0.5) is 4.79 Å². The van der Waals surface area contributed by atoms with E-state index in [1.54, 1.807) is 0 Å². The van der Waals surface area contributed by atoms with Gasteiger partial charge in [-0.25, -0.2) is 9.59 Å². The van der Waals surface area contributed by atoms with Crippen LogP contribution >= 0.6 is 0 Å². The van der Waals surface area contributed by atoms with Gasteiger partial charge in [-0.1, -0.05) is 6.58 Å². The molecule has 15 heavy (non-hydrogen) atoms. The number of carbonyl (C=O) groups is 2. The van der Waals surface area contributed by atoms with Crippen LogP contribution in [-0.2, 0) is 4.79 Å². The summed E-state index contributed by atoms with van der Waals surface area (Å²) in [6.45, 7) is 2.23. The topological polar surface area (TPSA) is 156 Å². The van der Waals surface area contributed by atoms with Crippen LogP contribution in [0.25, 0.3) is 0 Å². The number of carboxylic acids is 1. The average molecular weight is 226 g/mol. The molecule has 6 N–H and O–H groups in total. The van der Waals surface area contributed by atoms with Crippen molar-refractivity contribution in [3.63, 3.8) is 0 Å². The number of aliphatic hydroxyl groups is 3. The maximum atomic E-state index is 9.25. The van der Waals surface area contributed by atoms with E-state index in [-0.39, 0.29) is 13.2 Å². The van der Waals surface area contributed by atoms with Gasteiger partial charge in [-0.15, -0.1) is 0 Å². The van der Waals surface area contributed by atoms with E-state index in [1.807, 2.05) is 0 Å². The van der Waals surface area contributed by atoms with Gasteiger partial charge in [0.05, 0.1) is 13.2 Å². The van der Waals surface area contributed by atoms with Gasteiger partial charge in [0.1, 0.15) is 6.10 Å². The van der Waals surface area contributed by atoms with Crippen LogP contribution in [0.15, 0.2) is 12.7 Å². The molecule has 0 spiro atoms. The molecule has 0 aromatic carbocycles. The van der Waals surface area contributed by atoms with Crippen LogP contribution in [0.5, 0.6) is 0 Å². The molecule has 8 nitrogen and oxygen atoms in total. The fourth-order valence-corrected chi connectivity index (χ4v) is 0.0577. The fourth-order valence-electron chi connectivity index (χ4n) is 0.0577. The van der Waals surface area contributed by atoms with Crippen molar-refractivity contribution in [3.05, 3.63) is 12.7 Å². The van der Waals surface area contributed by atoms with Gasteiger partial charge < -0.3 is 30.6 Å². The third kappa shape index (κ3) is 69.8. The second-order valence-electron chi connectivity index (χ2n) is 1.84. The van der Waals surface area contributed by atoms with Gasteiger partial charge in [-0.3, -0.25) is 0 Å². The van der Waals surface area contributed by atoms with Crippen LogP contribution in [0.2, 0.25) is 0 Å². The molecule has 0 aliphatic rings. The standard InChI is InChI=1S/C3H8O3.C3H4O2.CH2O3/c4-1-3(6)2-5;1-2-3(4)5;2-1(3)4/h3-6H,1-2H2;2H,1H2,(H,4,5);(H2,2,3,4). The van der Waals surface area contributed by atoms with Crippen molar-refractivity contribution in [3.8, 4) is 0 Å². The van der Waals surface area contributed by atoms with Gasteiger partial charge in [-0.2, -0.15) is 0 Å². The van der Waals surface area contributed by atoms with E-state index in [4.69, 9.17) is 35.4 Å². The number of aliphatic carboxylic acids is 1. The number of carboxylic acid groups (broad SMARTS) is 3. The highest BCUT2D eigenvalue weighted by atomic mass is 16.6. The highest BCUT2D eigenvalue weighted by Gasteiger charge is 1.93. The first-order valence-corrected chi connectivity index (χ1v) is 3.48. The molecule has 0 radical (unpaired) electrons. The van der Waals surface area contributed by atoms with Crippen molar-refractivity contribution in [2.24, 2.45) is 0 Å². The molecule has 0 amide bonds. The zero-order valence-electron chi connectivity index (χ0n) is 7.78. The van der Waals surface area contributed by atoms with Crippen molar-refractivity contribution in [2.75, 3.05) is 13.2 Å². The minimum atomic E-state index is -1.83. The molecule has 0 aromatic heterocycles. The van der Waals surface area contributed by atoms with E-state index in [2.05, 4.69) is 6.58 Å². The molecule has 8 heteroatoms. The van der Waals surface area contributed by atoms with E-state index in [1.165, 1.54) is 0 Å². The largest absolute Gasteiger partial charge is 0.503 e. The minimum absolute atomic E-state index is 0.365. The quantitative estimate of drug-likeness (QED) is 0.328. The molecule has 0 unspecified atom stereocenters. The van der Waals surface area contributed by atoms with Crippen LogP contribution in [-0.4, -0.2) is 62.1 Å². The molecule has 0 fully saturated rings. The molecule has 0 rings (SSSR count). The minimum Gasteiger partial charge on any atom is -0.478 e. The maximum absolute atomic E-state index is 9.25. The summed E-state index contributed by atoms with van der Waals surface area (Å²) in [6.07, 6.45) is -1.95. The first-order chi connectivity index (χ1) is 6.81. The average Bonchev–Trinajstić information content (AvgIpc) is 2.16. The zero-order valence-corrected chi connectivity index (χ0v) is 7.78. The molecule has 0 saturated heterocycles. The third-order valence-electron chi connectivity index (χ3n) is 0.596. The lowest BCUT2D eigenvalue weighted by Gasteiger charge is -1.96. The van der Waals surface area contributed by atoms with Gasteiger partial charge in [0.15, 0.2) is 0 Å².